The van der Waals surface area contributed by atoms with Crippen molar-refractivity contribution in [1.29, 1.82) is 0 Å². The van der Waals surface area contributed by atoms with E-state index in [2.05, 4.69) is 25.1 Å². The summed E-state index contributed by atoms with van der Waals surface area (Å²) in [6.45, 7) is 4.57. The number of hydrogen-bond donors (Lipinski definition) is 3. The number of nitrogens with one attached hydrogen (secondary N) is 2. The van der Waals surface area contributed by atoms with E-state index in [9.17, 15) is 9.59 Å². The fourth-order valence-corrected chi connectivity index (χ4v) is 4.99. The first-order chi connectivity index (χ1) is 16.6. The Kier molecular flexibility index (Phi) is 6.31. The highest BCUT2D eigenvalue weighted by Crippen LogP contribution is 2.27. The van der Waals surface area contributed by atoms with E-state index in [4.69, 9.17) is 5.73 Å². The lowest BCUT2D eigenvalue weighted by Gasteiger charge is -2.30. The molecule has 4 N–H and O–H groups in total. The highest BCUT2D eigenvalue weighted by molar-refractivity contribution is 6.04. The highest BCUT2D eigenvalue weighted by atomic mass is 16.2. The van der Waals surface area contributed by atoms with Crippen LogP contribution in [0.3, 0.4) is 0 Å². The molecule has 8 heteroatoms. The maximum Gasteiger partial charge on any atom is 0.271 e. The average Bonchev–Trinajstić information content (AvgIpc) is 3.53. The zero-order chi connectivity index (χ0) is 23.5. The number of nitrogen functional groups attached to an aromatic ring is 1. The second-order valence-electron chi connectivity index (χ2n) is 9.14. The van der Waals surface area contributed by atoms with Crippen molar-refractivity contribution >= 4 is 23.0 Å². The van der Waals surface area contributed by atoms with Gasteiger partial charge >= 0.3 is 0 Å². The molecule has 5 rings (SSSR count). The topological polar surface area (TPSA) is 107 Å². The molecule has 0 unspecified atom stereocenters. The molecule has 176 valence electrons. The molecule has 4 heterocycles. The summed E-state index contributed by atoms with van der Waals surface area (Å²) in [7, 11) is 0. The van der Waals surface area contributed by atoms with Gasteiger partial charge in [0.25, 0.3) is 11.5 Å². The van der Waals surface area contributed by atoms with Gasteiger partial charge < -0.3 is 25.8 Å². The van der Waals surface area contributed by atoms with Crippen LogP contribution in [-0.4, -0.2) is 53.0 Å². The minimum atomic E-state index is -0.368. The Bertz CT molecular complexity index is 1220. The van der Waals surface area contributed by atoms with Crippen LogP contribution in [0, 0.1) is 0 Å². The summed E-state index contributed by atoms with van der Waals surface area (Å²) in [6.07, 6.45) is 9.81. The Balaban J connectivity index is 1.28. The minimum Gasteiger partial charge on any atom is -0.397 e. The number of rotatable bonds is 6. The van der Waals surface area contributed by atoms with Gasteiger partial charge in [-0.1, -0.05) is 0 Å². The number of anilines is 3. The third-order valence-corrected chi connectivity index (χ3v) is 6.75. The van der Waals surface area contributed by atoms with Crippen LogP contribution in [0.25, 0.3) is 11.1 Å². The van der Waals surface area contributed by atoms with Gasteiger partial charge in [0.2, 0.25) is 0 Å². The van der Waals surface area contributed by atoms with E-state index in [1.54, 1.807) is 30.7 Å². The van der Waals surface area contributed by atoms with E-state index in [0.717, 1.165) is 24.3 Å². The van der Waals surface area contributed by atoms with Crippen LogP contribution in [0.5, 0.6) is 0 Å². The molecule has 0 aliphatic carbocycles. The fourth-order valence-electron chi connectivity index (χ4n) is 4.99. The number of hydrogen-bond acceptors (Lipinski definition) is 6. The Morgan fingerprint density at radius 1 is 1.06 bits per heavy atom. The van der Waals surface area contributed by atoms with Gasteiger partial charge in [0, 0.05) is 60.1 Å². The van der Waals surface area contributed by atoms with E-state index >= 15 is 0 Å². The normalized spacial score (nSPS) is 18.4. The van der Waals surface area contributed by atoms with Crippen molar-refractivity contribution in [3.8, 4) is 11.1 Å². The minimum absolute atomic E-state index is 0.180. The number of aromatic amines is 1. The van der Waals surface area contributed by atoms with E-state index < -0.39 is 0 Å². The molecule has 2 aromatic heterocycles. The second-order valence-corrected chi connectivity index (χ2v) is 9.14. The second kappa shape index (κ2) is 9.69. The first-order valence-electron chi connectivity index (χ1n) is 11.9. The fraction of sp³-hybridized carbons (Fsp3) is 0.346. The number of aromatic nitrogens is 2. The molecule has 1 atom stereocenters. The highest BCUT2D eigenvalue weighted by Gasteiger charge is 2.27. The van der Waals surface area contributed by atoms with Crippen molar-refractivity contribution in [2.75, 3.05) is 42.1 Å². The number of nitrogens with zero attached hydrogens (tertiary/aromatic N) is 3. The molecule has 0 radical (unpaired) electrons. The van der Waals surface area contributed by atoms with Gasteiger partial charge in [-0.3, -0.25) is 14.6 Å². The molecule has 1 amide bonds. The molecule has 1 aromatic carbocycles. The van der Waals surface area contributed by atoms with Gasteiger partial charge in [0.05, 0.1) is 5.69 Å². The summed E-state index contributed by atoms with van der Waals surface area (Å²) in [5.74, 6) is -0.324. The zero-order valence-electron chi connectivity index (χ0n) is 19.2. The van der Waals surface area contributed by atoms with E-state index in [0.29, 0.717) is 22.9 Å². The van der Waals surface area contributed by atoms with E-state index in [1.807, 2.05) is 24.3 Å². The predicted octanol–water partition coefficient (Wildman–Crippen LogP) is 3.34. The zero-order valence-corrected chi connectivity index (χ0v) is 19.2. The predicted molar refractivity (Wildman–Crippen MR) is 135 cm³/mol. The lowest BCUT2D eigenvalue weighted by Crippen LogP contribution is -2.39. The largest absolute Gasteiger partial charge is 0.397 e. The van der Waals surface area contributed by atoms with Gasteiger partial charge in [0.1, 0.15) is 5.69 Å². The standard InChI is InChI=1S/C26H30N6O2/c27-21-12-19(14-28-16-21)20-13-24(26(34)29-15-20)30-25(33)18-5-7-22(8-6-18)32-11-3-4-23(32)17-31-9-1-2-10-31/h5-8,12-16,23H,1-4,9-11,17,27H2,(H,29,34)(H,30,33)/t23-/m0/s1. The SMILES string of the molecule is Nc1cncc(-c2c[nH]c(=O)c(NC(=O)c3ccc(N4CCC[C@H]4CN4CCCC4)cc3)c2)c1. The van der Waals surface area contributed by atoms with Crippen LogP contribution < -0.4 is 21.5 Å². The molecule has 0 bridgehead atoms. The monoisotopic (exact) mass is 458 g/mol. The molecule has 2 aliphatic rings. The number of amides is 1. The summed E-state index contributed by atoms with van der Waals surface area (Å²) >= 11 is 0. The smallest absolute Gasteiger partial charge is 0.271 e. The summed E-state index contributed by atoms with van der Waals surface area (Å²) in [5.41, 5.74) is 9.27. The molecule has 8 nitrogen and oxygen atoms in total. The molecule has 2 aliphatic heterocycles. The lowest BCUT2D eigenvalue weighted by atomic mass is 10.1. The van der Waals surface area contributed by atoms with Crippen LogP contribution in [0.15, 0.2) is 59.8 Å². The van der Waals surface area contributed by atoms with Crippen LogP contribution in [0.1, 0.15) is 36.0 Å². The van der Waals surface area contributed by atoms with Crippen LogP contribution in [0.2, 0.25) is 0 Å². The van der Waals surface area contributed by atoms with Crippen molar-refractivity contribution in [1.82, 2.24) is 14.9 Å². The number of nitrogens with two attached hydrogens (primary N) is 1. The third-order valence-electron chi connectivity index (χ3n) is 6.75. The van der Waals surface area contributed by atoms with Gasteiger partial charge in [-0.25, -0.2) is 0 Å². The summed E-state index contributed by atoms with van der Waals surface area (Å²) in [6, 6.07) is 11.6. The average molecular weight is 459 g/mol. The molecule has 2 saturated heterocycles. The molecule has 34 heavy (non-hydrogen) atoms. The van der Waals surface area contributed by atoms with E-state index in [1.165, 1.54) is 38.8 Å². The molecule has 3 aromatic rings. The number of likely N-dealkylation sites (tertiary alicyclic amines) is 1. The molecule has 2 fully saturated rings. The van der Waals surface area contributed by atoms with Crippen molar-refractivity contribution in [2.24, 2.45) is 0 Å². The van der Waals surface area contributed by atoms with Crippen molar-refractivity contribution in [2.45, 2.75) is 31.7 Å². The Morgan fingerprint density at radius 3 is 2.62 bits per heavy atom. The van der Waals surface area contributed by atoms with Gasteiger partial charge in [-0.15, -0.1) is 0 Å². The van der Waals surface area contributed by atoms with E-state index in [-0.39, 0.29) is 17.2 Å². The first kappa shape index (κ1) is 22.2. The Morgan fingerprint density at radius 2 is 1.85 bits per heavy atom. The summed E-state index contributed by atoms with van der Waals surface area (Å²) in [5, 5.41) is 2.74. The summed E-state index contributed by atoms with van der Waals surface area (Å²) < 4.78 is 0. The van der Waals surface area contributed by atoms with Crippen molar-refractivity contribution in [3.05, 3.63) is 70.9 Å². The van der Waals surface area contributed by atoms with Crippen LogP contribution in [-0.2, 0) is 0 Å². The van der Waals surface area contributed by atoms with Crippen LogP contribution >= 0.6 is 0 Å². The van der Waals surface area contributed by atoms with Gasteiger partial charge in [0.15, 0.2) is 0 Å². The van der Waals surface area contributed by atoms with Crippen molar-refractivity contribution in [3.63, 3.8) is 0 Å². The number of pyridine rings is 2. The van der Waals surface area contributed by atoms with Gasteiger partial charge in [-0.2, -0.15) is 0 Å². The maximum atomic E-state index is 12.9. The Labute approximate surface area is 198 Å². The number of benzene rings is 1. The van der Waals surface area contributed by atoms with Gasteiger partial charge in [-0.05, 0) is 75.2 Å². The lowest BCUT2D eigenvalue weighted by molar-refractivity contribution is 0.102. The molecular formula is C26H30N6O2. The maximum absolute atomic E-state index is 12.9. The molecular weight excluding hydrogens is 428 g/mol. The summed E-state index contributed by atoms with van der Waals surface area (Å²) in [4.78, 5) is 37.0. The first-order valence-corrected chi connectivity index (χ1v) is 11.9. The number of carbonyl (C=O) groups excluding carboxylic acids is 1. The number of carbonyl (C=O) groups is 1. The van der Waals surface area contributed by atoms with Crippen LogP contribution in [0.4, 0.5) is 17.1 Å². The molecule has 0 saturated carbocycles. The Hall–Kier alpha value is -3.65. The quantitative estimate of drug-likeness (QED) is 0.523. The molecule has 0 spiro atoms. The third kappa shape index (κ3) is 4.82. The number of H-pyrrole nitrogens is 1. The van der Waals surface area contributed by atoms with Crippen molar-refractivity contribution < 1.29 is 4.79 Å².